The second-order valence-corrected chi connectivity index (χ2v) is 17.6. The minimum Gasteiger partial charge on any atom is -0.462 e. The van der Waals surface area contributed by atoms with Gasteiger partial charge >= 0.3 is 5.97 Å². The highest BCUT2D eigenvalue weighted by Crippen LogP contribution is 2.18. The molecule has 350 valence electrons. The third kappa shape index (κ3) is 42.5. The van der Waals surface area contributed by atoms with Gasteiger partial charge < -0.3 is 20.3 Å². The lowest BCUT2D eigenvalue weighted by atomic mass is 10.0. The van der Waals surface area contributed by atoms with Crippen LogP contribution >= 0.6 is 0 Å². The molecule has 0 aliphatic carbocycles. The molecule has 1 amide bonds. The number of unbranched alkanes of at least 4 members (excludes halogenated alkanes) is 26. The summed E-state index contributed by atoms with van der Waals surface area (Å²) < 4.78 is 5.89. The van der Waals surface area contributed by atoms with Crippen LogP contribution in [0.25, 0.3) is 0 Å². The predicted octanol–water partition coefficient (Wildman–Crippen LogP) is 15.5. The molecule has 3 unspecified atom stereocenters. The van der Waals surface area contributed by atoms with Crippen molar-refractivity contribution in [2.24, 2.45) is 0 Å². The summed E-state index contributed by atoms with van der Waals surface area (Å²) in [4.78, 5) is 26.0. The van der Waals surface area contributed by atoms with Gasteiger partial charge in [0.25, 0.3) is 0 Å². The Morgan fingerprint density at radius 1 is 0.483 bits per heavy atom. The first kappa shape index (κ1) is 57.8. The van der Waals surface area contributed by atoms with Gasteiger partial charge in [-0.1, -0.05) is 230 Å². The molecule has 3 N–H and O–H groups in total. The number of esters is 1. The molecule has 6 nitrogen and oxygen atoms in total. The minimum absolute atomic E-state index is 0.0576. The first-order valence-corrected chi connectivity index (χ1v) is 25.9. The first-order chi connectivity index (χ1) is 29.5. The fraction of sp³-hybridized carbons (Fsp3) is 0.815. The lowest BCUT2D eigenvalue weighted by molar-refractivity contribution is -0.151. The van der Waals surface area contributed by atoms with E-state index in [2.05, 4.69) is 74.7 Å². The fourth-order valence-electron chi connectivity index (χ4n) is 7.72. The van der Waals surface area contributed by atoms with Crippen LogP contribution < -0.4 is 5.32 Å². The SMILES string of the molecule is CCCCC/C=C\C/C=C\C/C=C\C/C=C\CCCC(=O)OC(CCCCCCCCCCC)CC(=O)NC(CO)C(O)CCCCCCCCCCCCCCCCC. The summed E-state index contributed by atoms with van der Waals surface area (Å²) in [6.07, 6.45) is 57.5. The van der Waals surface area contributed by atoms with Gasteiger partial charge in [0.1, 0.15) is 6.10 Å². The van der Waals surface area contributed by atoms with Crippen LogP contribution in [0, 0.1) is 0 Å². The van der Waals surface area contributed by atoms with E-state index in [9.17, 15) is 19.8 Å². The molecule has 60 heavy (non-hydrogen) atoms. The van der Waals surface area contributed by atoms with Crippen molar-refractivity contribution in [2.45, 2.75) is 277 Å². The van der Waals surface area contributed by atoms with Crippen LogP contribution in [-0.2, 0) is 14.3 Å². The summed E-state index contributed by atoms with van der Waals surface area (Å²) in [7, 11) is 0. The van der Waals surface area contributed by atoms with Gasteiger partial charge in [0.05, 0.1) is 25.2 Å². The number of hydrogen-bond acceptors (Lipinski definition) is 5. The Kier molecular flexibility index (Phi) is 46.1. The molecule has 3 atom stereocenters. The number of nitrogens with one attached hydrogen (secondary N) is 1. The summed E-state index contributed by atoms with van der Waals surface area (Å²) in [5, 5.41) is 23.7. The number of ether oxygens (including phenoxy) is 1. The highest BCUT2D eigenvalue weighted by atomic mass is 16.5. The number of amides is 1. The average Bonchev–Trinajstić information content (AvgIpc) is 3.24. The molecule has 0 aromatic heterocycles. The molecule has 0 heterocycles. The Bertz CT molecular complexity index is 1040. The molecule has 0 radical (unpaired) electrons. The van der Waals surface area contributed by atoms with Gasteiger partial charge in [0.2, 0.25) is 5.91 Å². The number of rotatable bonds is 46. The molecular formula is C54H99NO5. The van der Waals surface area contributed by atoms with Gasteiger partial charge in [-0.2, -0.15) is 0 Å². The van der Waals surface area contributed by atoms with E-state index in [0.29, 0.717) is 25.7 Å². The van der Waals surface area contributed by atoms with E-state index in [1.807, 2.05) is 0 Å². The fourth-order valence-corrected chi connectivity index (χ4v) is 7.72. The van der Waals surface area contributed by atoms with Gasteiger partial charge in [-0.05, 0) is 64.2 Å². The van der Waals surface area contributed by atoms with Crippen LogP contribution in [0.5, 0.6) is 0 Å². The zero-order valence-electron chi connectivity index (χ0n) is 39.8. The van der Waals surface area contributed by atoms with Crippen molar-refractivity contribution < 1.29 is 24.5 Å². The van der Waals surface area contributed by atoms with Crippen LogP contribution in [0.3, 0.4) is 0 Å². The van der Waals surface area contributed by atoms with Gasteiger partial charge in [0, 0.05) is 6.42 Å². The van der Waals surface area contributed by atoms with Crippen molar-refractivity contribution in [1.29, 1.82) is 0 Å². The van der Waals surface area contributed by atoms with Crippen molar-refractivity contribution in [1.82, 2.24) is 5.32 Å². The van der Waals surface area contributed by atoms with Crippen molar-refractivity contribution in [3.05, 3.63) is 48.6 Å². The molecule has 0 saturated heterocycles. The molecule has 0 aromatic rings. The highest BCUT2D eigenvalue weighted by Gasteiger charge is 2.24. The van der Waals surface area contributed by atoms with Crippen molar-refractivity contribution in [3.8, 4) is 0 Å². The van der Waals surface area contributed by atoms with Crippen LogP contribution in [0.15, 0.2) is 48.6 Å². The zero-order chi connectivity index (χ0) is 43.8. The molecule has 0 rings (SSSR count). The Morgan fingerprint density at radius 3 is 1.28 bits per heavy atom. The van der Waals surface area contributed by atoms with E-state index in [4.69, 9.17) is 4.74 Å². The lowest BCUT2D eigenvalue weighted by Gasteiger charge is -2.24. The number of carbonyl (C=O) groups is 2. The van der Waals surface area contributed by atoms with Crippen LogP contribution in [0.4, 0.5) is 0 Å². The second-order valence-electron chi connectivity index (χ2n) is 17.6. The molecule has 6 heteroatoms. The molecular weight excluding hydrogens is 743 g/mol. The quantitative estimate of drug-likeness (QED) is 0.0322. The van der Waals surface area contributed by atoms with Crippen LogP contribution in [-0.4, -0.2) is 46.9 Å². The van der Waals surface area contributed by atoms with Gasteiger partial charge in [-0.15, -0.1) is 0 Å². The number of aliphatic hydroxyl groups excluding tert-OH is 2. The Hall–Kier alpha value is -2.18. The standard InChI is InChI=1S/C54H99NO5/c1-4-7-10-13-16-19-21-23-25-26-28-30-32-35-38-41-44-47-54(59)60-50(45-42-39-36-33-18-15-12-9-6-3)48-53(58)55-51(49-56)52(57)46-43-40-37-34-31-29-27-24-22-20-17-14-11-8-5-2/h16,19,23,25,28,30,35,38,50-52,56-57H,4-15,17-18,20-22,24,26-27,29,31-34,36-37,39-49H2,1-3H3,(H,55,58)/b19-16-,25-23-,30-28-,38-35-. The molecule has 0 aromatic carbocycles. The molecule has 0 saturated carbocycles. The third-order valence-corrected chi connectivity index (χ3v) is 11.7. The molecule has 0 fully saturated rings. The molecule has 0 aliphatic rings. The van der Waals surface area contributed by atoms with Gasteiger partial charge in [-0.25, -0.2) is 0 Å². The monoisotopic (exact) mass is 842 g/mol. The topological polar surface area (TPSA) is 95.9 Å². The maximum atomic E-state index is 13.2. The maximum Gasteiger partial charge on any atom is 0.306 e. The van der Waals surface area contributed by atoms with Gasteiger partial charge in [-0.3, -0.25) is 9.59 Å². The molecule has 0 bridgehead atoms. The highest BCUT2D eigenvalue weighted by molar-refractivity contribution is 5.77. The van der Waals surface area contributed by atoms with E-state index in [1.54, 1.807) is 0 Å². The minimum atomic E-state index is -0.794. The Labute approximate surface area is 372 Å². The summed E-state index contributed by atoms with van der Waals surface area (Å²) in [5.41, 5.74) is 0. The number of hydrogen-bond donors (Lipinski definition) is 3. The van der Waals surface area contributed by atoms with E-state index >= 15 is 0 Å². The summed E-state index contributed by atoms with van der Waals surface area (Å²) in [6, 6.07) is -0.710. The van der Waals surface area contributed by atoms with E-state index in [-0.39, 0.29) is 24.9 Å². The van der Waals surface area contributed by atoms with E-state index < -0.39 is 18.2 Å². The molecule has 0 aliphatic heterocycles. The van der Waals surface area contributed by atoms with Crippen LogP contribution in [0.2, 0.25) is 0 Å². The molecule has 0 spiro atoms. The smallest absolute Gasteiger partial charge is 0.306 e. The normalized spacial score (nSPS) is 13.6. The first-order valence-electron chi connectivity index (χ1n) is 25.9. The Balaban J connectivity index is 4.53. The number of carbonyl (C=O) groups excluding carboxylic acids is 2. The lowest BCUT2D eigenvalue weighted by Crippen LogP contribution is -2.46. The average molecular weight is 842 g/mol. The van der Waals surface area contributed by atoms with E-state index in [1.165, 1.54) is 141 Å². The third-order valence-electron chi connectivity index (χ3n) is 11.7. The predicted molar refractivity (Wildman–Crippen MR) is 259 cm³/mol. The zero-order valence-corrected chi connectivity index (χ0v) is 39.8. The van der Waals surface area contributed by atoms with E-state index in [0.717, 1.165) is 64.2 Å². The van der Waals surface area contributed by atoms with Crippen molar-refractivity contribution in [2.75, 3.05) is 6.61 Å². The number of aliphatic hydroxyl groups is 2. The van der Waals surface area contributed by atoms with Crippen molar-refractivity contribution in [3.63, 3.8) is 0 Å². The van der Waals surface area contributed by atoms with Crippen molar-refractivity contribution >= 4 is 11.9 Å². The van der Waals surface area contributed by atoms with Crippen LogP contribution in [0.1, 0.15) is 258 Å². The largest absolute Gasteiger partial charge is 0.462 e. The Morgan fingerprint density at radius 2 is 0.850 bits per heavy atom. The summed E-state index contributed by atoms with van der Waals surface area (Å²) in [6.45, 7) is 6.44. The number of allylic oxidation sites excluding steroid dienone is 8. The second kappa shape index (κ2) is 47.9. The summed E-state index contributed by atoms with van der Waals surface area (Å²) >= 11 is 0. The maximum absolute atomic E-state index is 13.2. The van der Waals surface area contributed by atoms with Gasteiger partial charge in [0.15, 0.2) is 0 Å². The summed E-state index contributed by atoms with van der Waals surface area (Å²) in [5.74, 6) is -0.536.